The molecule has 3 N–H and O–H groups in total. The average molecular weight is 972 g/mol. The normalized spacial score (nSPS) is 28.2. The molecule has 65 heavy (non-hydrogen) atoms. The standard InChI is InChI=1S/C25H31NO6.C16H21NO5.C9H11BrO/c1-25(2)31-22-20(26-24(27)30-17-19-11-7-4-8-12-19)15-21(23(22)32-25)29-14-13-28-16-18-9-5-3-6-10-18;1-16(2)21-13-11(8-12(18)14(13)22-16)17-15(19)20-9-10-6-4-3-5-7-10;10-6-7-11-8-9-4-2-1-3-5-9/h3-12,20-23H,13-17H2,1-2H3,(H,26,27);3-7,11-14,18H,8-9H2,1-2H3,(H,17,19);1-5H,6-8H2/t20-,21+,22+,23-;11-,12+,13+,14-;/m11./s1/i13D2,14D2;;6D2,7D2. The maximum atomic E-state index is 12.5. The lowest BCUT2D eigenvalue weighted by molar-refractivity contribution is -0.169. The van der Waals surface area contributed by atoms with Crippen LogP contribution in [0.15, 0.2) is 121 Å². The Morgan fingerprint density at radius 2 is 0.969 bits per heavy atom. The Hall–Kier alpha value is -4.42. The van der Waals surface area contributed by atoms with E-state index < -0.39 is 85.3 Å². The van der Waals surface area contributed by atoms with E-state index in [1.54, 1.807) is 64.1 Å². The number of fused-ring (bicyclic) bond motifs is 2. The fourth-order valence-corrected chi connectivity index (χ4v) is 7.78. The highest BCUT2D eigenvalue weighted by Crippen LogP contribution is 2.40. The van der Waals surface area contributed by atoms with Gasteiger partial charge >= 0.3 is 12.2 Å². The Morgan fingerprint density at radius 1 is 0.585 bits per heavy atom. The van der Waals surface area contributed by atoms with Crippen molar-refractivity contribution in [3.63, 3.8) is 0 Å². The van der Waals surface area contributed by atoms with Crippen molar-refractivity contribution < 1.29 is 68.3 Å². The van der Waals surface area contributed by atoms with Crippen molar-refractivity contribution in [3.8, 4) is 0 Å². The first-order chi connectivity index (χ1) is 34.2. The number of aliphatic hydroxyl groups is 1. The molecule has 0 radical (unpaired) electrons. The molecule has 0 aromatic heterocycles. The lowest BCUT2D eigenvalue weighted by Gasteiger charge is -2.24. The maximum Gasteiger partial charge on any atom is 0.407 e. The van der Waals surface area contributed by atoms with Gasteiger partial charge in [-0.05, 0) is 62.8 Å². The molecule has 2 saturated carbocycles. The largest absolute Gasteiger partial charge is 0.445 e. The predicted molar refractivity (Wildman–Crippen MR) is 246 cm³/mol. The van der Waals surface area contributed by atoms with Crippen molar-refractivity contribution in [2.24, 2.45) is 0 Å². The molecule has 2 amide bonds. The van der Waals surface area contributed by atoms with Crippen LogP contribution >= 0.6 is 15.9 Å². The van der Waals surface area contributed by atoms with Gasteiger partial charge in [0.05, 0.1) is 65.4 Å². The molecule has 14 nitrogen and oxygen atoms in total. The van der Waals surface area contributed by atoms with Gasteiger partial charge in [-0.2, -0.15) is 0 Å². The molecule has 0 bridgehead atoms. The summed E-state index contributed by atoms with van der Waals surface area (Å²) in [5, 5.41) is 13.4. The van der Waals surface area contributed by atoms with E-state index >= 15 is 0 Å². The molecule has 4 fully saturated rings. The molecule has 15 heteroatoms. The number of carbonyl (C=O) groups excluding carboxylic acids is 2. The van der Waals surface area contributed by atoms with Gasteiger partial charge in [0.25, 0.3) is 0 Å². The zero-order valence-corrected chi connectivity index (χ0v) is 38.3. The van der Waals surface area contributed by atoms with E-state index in [0.29, 0.717) is 12.0 Å². The minimum Gasteiger partial charge on any atom is -0.445 e. The van der Waals surface area contributed by atoms with Crippen LogP contribution in [0.2, 0.25) is 0 Å². The summed E-state index contributed by atoms with van der Waals surface area (Å²) < 4.78 is 112. The van der Waals surface area contributed by atoms with Crippen LogP contribution in [-0.4, -0.2) is 103 Å². The Labute approximate surface area is 401 Å². The van der Waals surface area contributed by atoms with E-state index in [2.05, 4.69) is 26.6 Å². The van der Waals surface area contributed by atoms with Crippen LogP contribution in [-0.2, 0) is 69.1 Å². The SMILES string of the molecule is CC1(C)O[C@@H]2[C@H](O1)[C@@H](O)C[C@H]2NC(=O)OCc1ccccc1.[2H]C([2H])(Br)C([2H])([2H])OCc1ccccc1.[2H]C([2H])(OCc1ccccc1)C([2H])([2H])O[C@H]1C[C@@H](NC(=O)OCc2ccccc2)[C@@H]2OC(C)(C)O[C@@H]21. The van der Waals surface area contributed by atoms with Crippen LogP contribution < -0.4 is 10.6 Å². The van der Waals surface area contributed by atoms with Crippen molar-refractivity contribution in [1.82, 2.24) is 10.6 Å². The van der Waals surface area contributed by atoms with Crippen molar-refractivity contribution in [3.05, 3.63) is 144 Å². The van der Waals surface area contributed by atoms with Crippen LogP contribution in [0.5, 0.6) is 0 Å². The van der Waals surface area contributed by atoms with Crippen molar-refractivity contribution in [2.75, 3.05) is 25.0 Å². The van der Waals surface area contributed by atoms with Crippen molar-refractivity contribution in [1.29, 1.82) is 0 Å². The molecular formula is C50H63BrN2O12. The highest BCUT2D eigenvalue weighted by atomic mass is 79.9. The van der Waals surface area contributed by atoms with Gasteiger partial charge in [-0.1, -0.05) is 137 Å². The molecule has 4 aromatic rings. The zero-order valence-electron chi connectivity index (χ0n) is 44.7. The van der Waals surface area contributed by atoms with E-state index in [1.165, 1.54) is 0 Å². The Morgan fingerprint density at radius 3 is 1.43 bits per heavy atom. The topological polar surface area (TPSA) is 161 Å². The van der Waals surface area contributed by atoms with Gasteiger partial charge in [-0.25, -0.2) is 9.59 Å². The molecule has 2 aliphatic carbocycles. The highest BCUT2D eigenvalue weighted by molar-refractivity contribution is 9.09. The summed E-state index contributed by atoms with van der Waals surface area (Å²) in [4.78, 5) is 24.4. The summed E-state index contributed by atoms with van der Waals surface area (Å²) in [5.41, 5.74) is 3.26. The first-order valence-corrected chi connectivity index (χ1v) is 22.1. The summed E-state index contributed by atoms with van der Waals surface area (Å²) in [5.74, 6) is -1.73. The number of nitrogens with one attached hydrogen (secondary N) is 2. The third-order valence-electron chi connectivity index (χ3n) is 10.5. The van der Waals surface area contributed by atoms with Crippen LogP contribution in [0.3, 0.4) is 0 Å². The van der Waals surface area contributed by atoms with Gasteiger partial charge in [0.1, 0.15) is 37.6 Å². The van der Waals surface area contributed by atoms with E-state index in [9.17, 15) is 14.7 Å². The number of benzene rings is 4. The molecule has 2 saturated heterocycles. The summed E-state index contributed by atoms with van der Waals surface area (Å²) in [7, 11) is 0. The quantitative estimate of drug-likeness (QED) is 0.0931. The van der Waals surface area contributed by atoms with Gasteiger partial charge in [0.15, 0.2) is 11.6 Å². The van der Waals surface area contributed by atoms with E-state index in [0.717, 1.165) is 16.7 Å². The fourth-order valence-electron chi connectivity index (χ4n) is 7.66. The second-order valence-electron chi connectivity index (χ2n) is 16.4. The van der Waals surface area contributed by atoms with E-state index in [-0.39, 0.29) is 45.0 Å². The van der Waals surface area contributed by atoms with E-state index in [4.69, 9.17) is 53.6 Å². The fraction of sp³-hybridized carbons (Fsp3) is 0.480. The van der Waals surface area contributed by atoms with Crippen LogP contribution in [0.4, 0.5) is 9.59 Å². The van der Waals surface area contributed by atoms with Gasteiger partial charge in [0, 0.05) is 8.02 Å². The first-order valence-electron chi connectivity index (χ1n) is 25.3. The summed E-state index contributed by atoms with van der Waals surface area (Å²) in [6.07, 6.45) is -4.29. The lowest BCUT2D eigenvalue weighted by atomic mass is 10.2. The van der Waals surface area contributed by atoms with Crippen molar-refractivity contribution in [2.45, 2.75) is 127 Å². The molecule has 8 atom stereocenters. The zero-order chi connectivity index (χ0) is 53.2. The van der Waals surface area contributed by atoms with Gasteiger partial charge in [-0.3, -0.25) is 0 Å². The monoisotopic (exact) mass is 970 g/mol. The second kappa shape index (κ2) is 24.9. The number of aliphatic hydroxyl groups excluding tert-OH is 1. The lowest BCUT2D eigenvalue weighted by Crippen LogP contribution is -2.43. The smallest absolute Gasteiger partial charge is 0.407 e. The molecule has 0 spiro atoms. The summed E-state index contributed by atoms with van der Waals surface area (Å²) in [6.45, 7) is -0.695. The third-order valence-corrected chi connectivity index (χ3v) is 10.6. The summed E-state index contributed by atoms with van der Waals surface area (Å²) >= 11 is 2.61. The van der Waals surface area contributed by atoms with E-state index in [1.807, 2.05) is 84.9 Å². The molecule has 8 rings (SSSR count). The molecule has 2 heterocycles. The Kier molecular flexibility index (Phi) is 15.2. The maximum absolute atomic E-state index is 12.5. The molecular weight excluding hydrogens is 900 g/mol. The molecule has 4 aliphatic rings. The number of hydrogen-bond acceptors (Lipinski definition) is 12. The number of rotatable bonds is 16. The minimum atomic E-state index is -2.81. The minimum absolute atomic E-state index is 0.0406. The Balaban J connectivity index is 0.000000199. The molecule has 352 valence electrons. The number of carbonyl (C=O) groups is 2. The third kappa shape index (κ3) is 16.2. The van der Waals surface area contributed by atoms with Crippen LogP contribution in [0.25, 0.3) is 0 Å². The second-order valence-corrected chi connectivity index (χ2v) is 16.8. The van der Waals surface area contributed by atoms with Crippen LogP contribution in [0.1, 0.15) is 73.8 Å². The average Bonchev–Trinajstić information content (AvgIpc) is 4.03. The van der Waals surface area contributed by atoms with Gasteiger partial charge in [-0.15, -0.1) is 0 Å². The summed E-state index contributed by atoms with van der Waals surface area (Å²) in [6, 6.07) is 35.8. The highest BCUT2D eigenvalue weighted by Gasteiger charge is 2.56. The Bertz CT molecular complexity index is 2360. The number of alkyl halides is 1. The molecule has 4 aromatic carbocycles. The van der Waals surface area contributed by atoms with Crippen LogP contribution in [0, 0.1) is 0 Å². The number of hydrogen-bond donors (Lipinski definition) is 3. The number of ether oxygens (including phenoxy) is 9. The number of alkyl carbamates (subject to hydrolysis) is 2. The molecule has 0 unspecified atom stereocenters. The van der Waals surface area contributed by atoms with Gasteiger partial charge in [0.2, 0.25) is 0 Å². The molecule has 2 aliphatic heterocycles. The predicted octanol–water partition coefficient (Wildman–Crippen LogP) is 7.97. The number of halogens is 1. The van der Waals surface area contributed by atoms with Gasteiger partial charge < -0.3 is 58.4 Å². The van der Waals surface area contributed by atoms with Crippen molar-refractivity contribution >= 4 is 28.1 Å². The first kappa shape index (κ1) is 39.7. The number of amides is 2.